The Morgan fingerprint density at radius 2 is 1.74 bits per heavy atom. The second kappa shape index (κ2) is 12.5. The number of pyridine rings is 2. The first-order valence-electron chi connectivity index (χ1n) is 14.2. The molecule has 218 valence electrons. The van der Waals surface area contributed by atoms with Crippen LogP contribution in [-0.4, -0.2) is 54.4 Å². The van der Waals surface area contributed by atoms with Crippen LogP contribution in [0.4, 0.5) is 0 Å². The van der Waals surface area contributed by atoms with Gasteiger partial charge in [0.05, 0.1) is 6.54 Å². The molecule has 0 amide bonds. The van der Waals surface area contributed by atoms with Crippen molar-refractivity contribution in [1.82, 2.24) is 40.1 Å². The van der Waals surface area contributed by atoms with Gasteiger partial charge < -0.3 is 19.0 Å². The van der Waals surface area contributed by atoms with E-state index in [0.29, 0.717) is 29.3 Å². The number of aryl methyl sites for hydroxylation is 1. The van der Waals surface area contributed by atoms with Gasteiger partial charge in [-0.2, -0.15) is 0 Å². The highest BCUT2D eigenvalue weighted by Crippen LogP contribution is 2.34. The van der Waals surface area contributed by atoms with E-state index in [1.165, 1.54) is 6.07 Å². The third-order valence-corrected chi connectivity index (χ3v) is 7.43. The summed E-state index contributed by atoms with van der Waals surface area (Å²) < 4.78 is 13.4. The van der Waals surface area contributed by atoms with Crippen molar-refractivity contribution in [3.05, 3.63) is 100 Å². The van der Waals surface area contributed by atoms with E-state index in [2.05, 4.69) is 67.4 Å². The number of aromatic nitrogens is 8. The van der Waals surface area contributed by atoms with Gasteiger partial charge in [0.2, 0.25) is 11.8 Å². The van der Waals surface area contributed by atoms with Gasteiger partial charge in [-0.1, -0.05) is 55.8 Å². The quantitative estimate of drug-likeness (QED) is 0.198. The SMILES string of the molecule is CCCCc1nc2cc(-c3cc[nH]c(=O)c3)c(C(OC)OC)nc2n1Cc1ccc(-c2ccccc2)c(-c2nnn[nH]2)c1. The summed E-state index contributed by atoms with van der Waals surface area (Å²) >= 11 is 0. The first kappa shape index (κ1) is 28.1. The van der Waals surface area contributed by atoms with Crippen LogP contribution in [0.5, 0.6) is 0 Å². The first-order chi connectivity index (χ1) is 21.1. The highest BCUT2D eigenvalue weighted by molar-refractivity contribution is 5.82. The van der Waals surface area contributed by atoms with Crippen LogP contribution in [0, 0.1) is 0 Å². The average Bonchev–Trinajstić information content (AvgIpc) is 3.69. The zero-order valence-electron chi connectivity index (χ0n) is 24.2. The third-order valence-electron chi connectivity index (χ3n) is 7.43. The standard InChI is InChI=1S/C32H32N8O3/c1-4-5-11-27-34-26-18-24(22-14-15-33-28(41)17-22)29(32(42-2)43-3)35-31(26)40(27)19-20-12-13-23(21-9-7-6-8-10-21)25(16-20)30-36-38-39-37-30/h6-10,12-18,32H,4-5,11,19H2,1-3H3,(H,33,41)(H,36,37,38,39). The molecule has 2 N–H and O–H groups in total. The molecule has 0 fully saturated rings. The number of nitrogens with one attached hydrogen (secondary N) is 2. The lowest BCUT2D eigenvalue weighted by Gasteiger charge is -2.18. The molecule has 0 saturated carbocycles. The molecular formula is C32H32N8O3. The second-order valence-electron chi connectivity index (χ2n) is 10.2. The van der Waals surface area contributed by atoms with Gasteiger partial charge in [-0.3, -0.25) is 4.79 Å². The Kier molecular flexibility index (Phi) is 8.16. The molecule has 0 radical (unpaired) electrons. The molecule has 2 aromatic carbocycles. The van der Waals surface area contributed by atoms with Crippen molar-refractivity contribution >= 4 is 11.2 Å². The minimum atomic E-state index is -0.739. The molecular weight excluding hydrogens is 544 g/mol. The fourth-order valence-electron chi connectivity index (χ4n) is 5.35. The van der Waals surface area contributed by atoms with Crippen molar-refractivity contribution in [2.45, 2.75) is 39.0 Å². The summed E-state index contributed by atoms with van der Waals surface area (Å²) in [5.41, 5.74) is 7.28. The van der Waals surface area contributed by atoms with Crippen molar-refractivity contribution in [3.8, 4) is 33.6 Å². The van der Waals surface area contributed by atoms with Crippen molar-refractivity contribution < 1.29 is 9.47 Å². The number of H-pyrrole nitrogens is 2. The smallest absolute Gasteiger partial charge is 0.248 e. The van der Waals surface area contributed by atoms with Gasteiger partial charge in [0.1, 0.15) is 17.0 Å². The van der Waals surface area contributed by atoms with Crippen molar-refractivity contribution in [3.63, 3.8) is 0 Å². The predicted octanol–water partition coefficient (Wildman–Crippen LogP) is 5.32. The third kappa shape index (κ3) is 5.72. The van der Waals surface area contributed by atoms with E-state index in [1.807, 2.05) is 30.3 Å². The molecule has 11 heteroatoms. The Hall–Kier alpha value is -5.00. The Morgan fingerprint density at radius 3 is 2.47 bits per heavy atom. The summed E-state index contributed by atoms with van der Waals surface area (Å²) in [4.78, 5) is 25.0. The van der Waals surface area contributed by atoms with Gasteiger partial charge in [-0.05, 0) is 57.3 Å². The van der Waals surface area contributed by atoms with Crippen LogP contribution in [0.1, 0.15) is 43.1 Å². The Labute approximate surface area is 248 Å². The molecule has 43 heavy (non-hydrogen) atoms. The molecule has 0 saturated heterocycles. The molecule has 11 nitrogen and oxygen atoms in total. The summed E-state index contributed by atoms with van der Waals surface area (Å²) in [5, 5.41) is 14.8. The van der Waals surface area contributed by atoms with E-state index >= 15 is 0 Å². The lowest BCUT2D eigenvalue weighted by atomic mass is 9.97. The monoisotopic (exact) mass is 576 g/mol. The number of rotatable bonds is 11. The number of hydrogen-bond donors (Lipinski definition) is 2. The van der Waals surface area contributed by atoms with Gasteiger partial charge in [-0.25, -0.2) is 15.1 Å². The van der Waals surface area contributed by atoms with Crippen LogP contribution in [0.25, 0.3) is 44.8 Å². The lowest BCUT2D eigenvalue weighted by Crippen LogP contribution is -2.11. The minimum absolute atomic E-state index is 0.208. The summed E-state index contributed by atoms with van der Waals surface area (Å²) in [7, 11) is 3.14. The predicted molar refractivity (Wildman–Crippen MR) is 163 cm³/mol. The fourth-order valence-corrected chi connectivity index (χ4v) is 5.35. The van der Waals surface area contributed by atoms with Crippen molar-refractivity contribution in [1.29, 1.82) is 0 Å². The Balaban J connectivity index is 1.51. The van der Waals surface area contributed by atoms with Crippen LogP contribution in [0.15, 0.2) is 77.7 Å². The summed E-state index contributed by atoms with van der Waals surface area (Å²) in [6.45, 7) is 2.69. The molecule has 0 unspecified atom stereocenters. The van der Waals surface area contributed by atoms with Gasteiger partial charge in [-0.15, -0.1) is 5.10 Å². The summed E-state index contributed by atoms with van der Waals surface area (Å²) in [6, 6.07) is 21.8. The number of methoxy groups -OCH3 is 2. The molecule has 4 heterocycles. The van der Waals surface area contributed by atoms with Crippen molar-refractivity contribution in [2.24, 2.45) is 0 Å². The largest absolute Gasteiger partial charge is 0.350 e. The molecule has 6 aromatic rings. The molecule has 0 bridgehead atoms. The topological polar surface area (TPSA) is 136 Å². The maximum absolute atomic E-state index is 12.2. The first-order valence-corrected chi connectivity index (χ1v) is 14.2. The Bertz CT molecular complexity index is 1890. The van der Waals surface area contributed by atoms with Gasteiger partial charge in [0, 0.05) is 44.0 Å². The molecule has 4 aromatic heterocycles. The lowest BCUT2D eigenvalue weighted by molar-refractivity contribution is -0.108. The van der Waals surface area contributed by atoms with Crippen LogP contribution < -0.4 is 5.56 Å². The van der Waals surface area contributed by atoms with E-state index in [4.69, 9.17) is 19.4 Å². The zero-order chi connectivity index (χ0) is 29.8. The zero-order valence-corrected chi connectivity index (χ0v) is 24.2. The van der Waals surface area contributed by atoms with Crippen LogP contribution in [-0.2, 0) is 22.4 Å². The molecule has 0 atom stereocenters. The van der Waals surface area contributed by atoms with Crippen molar-refractivity contribution in [2.75, 3.05) is 14.2 Å². The average molecular weight is 577 g/mol. The van der Waals surface area contributed by atoms with E-state index in [-0.39, 0.29) is 5.56 Å². The number of fused-ring (bicyclic) bond motifs is 1. The minimum Gasteiger partial charge on any atom is -0.350 e. The van der Waals surface area contributed by atoms with E-state index in [9.17, 15) is 4.79 Å². The number of imidazole rings is 1. The summed E-state index contributed by atoms with van der Waals surface area (Å²) in [6.07, 6.45) is 3.69. The Morgan fingerprint density at radius 1 is 0.907 bits per heavy atom. The highest BCUT2D eigenvalue weighted by atomic mass is 16.7. The molecule has 0 aliphatic rings. The fraction of sp³-hybridized carbons (Fsp3) is 0.250. The molecule has 0 spiro atoms. The van der Waals surface area contributed by atoms with E-state index in [1.54, 1.807) is 20.4 Å². The van der Waals surface area contributed by atoms with Crippen LogP contribution >= 0.6 is 0 Å². The normalized spacial score (nSPS) is 11.5. The van der Waals surface area contributed by atoms with Gasteiger partial charge in [0.25, 0.3) is 0 Å². The maximum Gasteiger partial charge on any atom is 0.248 e. The van der Waals surface area contributed by atoms with Gasteiger partial charge >= 0.3 is 0 Å². The van der Waals surface area contributed by atoms with E-state index in [0.717, 1.165) is 58.4 Å². The number of unbranched alkanes of at least 4 members (excludes halogenated alkanes) is 1. The molecule has 6 rings (SSSR count). The number of aromatic amines is 2. The van der Waals surface area contributed by atoms with Crippen LogP contribution in [0.2, 0.25) is 0 Å². The number of nitrogens with zero attached hydrogens (tertiary/aromatic N) is 6. The summed E-state index contributed by atoms with van der Waals surface area (Å²) in [5.74, 6) is 1.52. The van der Waals surface area contributed by atoms with E-state index < -0.39 is 6.29 Å². The number of ether oxygens (including phenoxy) is 2. The number of hydrogen-bond acceptors (Lipinski definition) is 8. The van der Waals surface area contributed by atoms with Gasteiger partial charge in [0.15, 0.2) is 11.5 Å². The number of tetrazole rings is 1. The molecule has 0 aliphatic heterocycles. The maximum atomic E-state index is 12.2. The number of benzene rings is 2. The highest BCUT2D eigenvalue weighted by Gasteiger charge is 2.23. The van der Waals surface area contributed by atoms with Crippen LogP contribution in [0.3, 0.4) is 0 Å². The second-order valence-corrected chi connectivity index (χ2v) is 10.2. The molecule has 0 aliphatic carbocycles.